The van der Waals surface area contributed by atoms with Gasteiger partial charge in [-0.15, -0.1) is 0 Å². The molecule has 1 fully saturated rings. The SMILES string of the molecule is Cc1cc(C)nc(SCC(=O)NCC(=O)N2CCN(c3cccc(Cl)c3)CC2)n1. The Labute approximate surface area is 179 Å². The van der Waals surface area contributed by atoms with Gasteiger partial charge in [0.25, 0.3) is 0 Å². The van der Waals surface area contributed by atoms with Crippen molar-refractivity contribution in [2.24, 2.45) is 0 Å². The lowest BCUT2D eigenvalue weighted by Gasteiger charge is -2.36. The van der Waals surface area contributed by atoms with Crippen LogP contribution < -0.4 is 10.2 Å². The first-order valence-electron chi connectivity index (χ1n) is 9.41. The molecule has 1 aliphatic rings. The highest BCUT2D eigenvalue weighted by Crippen LogP contribution is 2.20. The van der Waals surface area contributed by atoms with E-state index in [1.165, 1.54) is 11.8 Å². The average Bonchev–Trinajstić information content (AvgIpc) is 2.70. The molecule has 0 radical (unpaired) electrons. The van der Waals surface area contributed by atoms with Gasteiger partial charge in [-0.2, -0.15) is 0 Å². The summed E-state index contributed by atoms with van der Waals surface area (Å²) >= 11 is 7.32. The van der Waals surface area contributed by atoms with E-state index in [-0.39, 0.29) is 24.1 Å². The van der Waals surface area contributed by atoms with Crippen molar-refractivity contribution in [3.63, 3.8) is 0 Å². The number of hydrogen-bond acceptors (Lipinski definition) is 6. The fraction of sp³-hybridized carbons (Fsp3) is 0.400. The Morgan fingerprint density at radius 3 is 2.45 bits per heavy atom. The van der Waals surface area contributed by atoms with Crippen LogP contribution in [0.3, 0.4) is 0 Å². The maximum atomic E-state index is 12.4. The van der Waals surface area contributed by atoms with Crippen molar-refractivity contribution in [1.29, 1.82) is 0 Å². The Morgan fingerprint density at radius 2 is 1.79 bits per heavy atom. The molecule has 9 heteroatoms. The first-order chi connectivity index (χ1) is 13.9. The number of aromatic nitrogens is 2. The smallest absolute Gasteiger partial charge is 0.242 e. The number of rotatable bonds is 6. The number of benzene rings is 1. The topological polar surface area (TPSA) is 78.4 Å². The number of aryl methyl sites for hydroxylation is 2. The van der Waals surface area contributed by atoms with Crippen molar-refractivity contribution in [2.45, 2.75) is 19.0 Å². The zero-order chi connectivity index (χ0) is 20.8. The van der Waals surface area contributed by atoms with Crippen molar-refractivity contribution < 1.29 is 9.59 Å². The van der Waals surface area contributed by atoms with Gasteiger partial charge < -0.3 is 15.1 Å². The monoisotopic (exact) mass is 433 g/mol. The third kappa shape index (κ3) is 6.33. The molecule has 2 amide bonds. The molecule has 0 unspecified atom stereocenters. The van der Waals surface area contributed by atoms with Gasteiger partial charge in [0.15, 0.2) is 5.16 Å². The van der Waals surface area contributed by atoms with E-state index in [1.54, 1.807) is 4.90 Å². The lowest BCUT2D eigenvalue weighted by molar-refractivity contribution is -0.132. The van der Waals surface area contributed by atoms with E-state index in [1.807, 2.05) is 44.2 Å². The number of hydrogen-bond donors (Lipinski definition) is 1. The summed E-state index contributed by atoms with van der Waals surface area (Å²) in [6, 6.07) is 9.59. The van der Waals surface area contributed by atoms with Crippen LogP contribution in [0.15, 0.2) is 35.5 Å². The molecule has 0 spiro atoms. The lowest BCUT2D eigenvalue weighted by Crippen LogP contribution is -2.51. The van der Waals surface area contributed by atoms with E-state index >= 15 is 0 Å². The van der Waals surface area contributed by atoms with Crippen LogP contribution in [0.25, 0.3) is 0 Å². The zero-order valence-electron chi connectivity index (χ0n) is 16.5. The molecule has 0 atom stereocenters. The highest BCUT2D eigenvalue weighted by molar-refractivity contribution is 7.99. The molecule has 1 aliphatic heterocycles. The minimum Gasteiger partial charge on any atom is -0.368 e. The summed E-state index contributed by atoms with van der Waals surface area (Å²) < 4.78 is 0. The third-order valence-corrected chi connectivity index (χ3v) is 5.62. The van der Waals surface area contributed by atoms with Gasteiger partial charge in [0.1, 0.15) is 0 Å². The normalized spacial score (nSPS) is 14.0. The zero-order valence-corrected chi connectivity index (χ0v) is 18.1. The predicted octanol–water partition coefficient (Wildman–Crippen LogP) is 2.30. The molecular formula is C20H24ClN5O2S. The molecule has 1 aromatic carbocycles. The number of nitrogens with one attached hydrogen (secondary N) is 1. The van der Waals surface area contributed by atoms with Crippen LogP contribution in [-0.4, -0.2) is 65.2 Å². The Hall–Kier alpha value is -2.32. The molecule has 3 rings (SSSR count). The van der Waals surface area contributed by atoms with Gasteiger partial charge in [0, 0.05) is 48.3 Å². The largest absolute Gasteiger partial charge is 0.368 e. The summed E-state index contributed by atoms with van der Waals surface area (Å²) in [6.07, 6.45) is 0. The fourth-order valence-electron chi connectivity index (χ4n) is 3.11. The van der Waals surface area contributed by atoms with Crippen molar-refractivity contribution >= 4 is 40.9 Å². The van der Waals surface area contributed by atoms with E-state index in [2.05, 4.69) is 20.2 Å². The molecular weight excluding hydrogens is 410 g/mol. The second-order valence-electron chi connectivity index (χ2n) is 6.85. The van der Waals surface area contributed by atoms with Crippen LogP contribution >= 0.6 is 23.4 Å². The number of thioether (sulfide) groups is 1. The lowest BCUT2D eigenvalue weighted by atomic mass is 10.2. The van der Waals surface area contributed by atoms with Crippen molar-refractivity contribution in [2.75, 3.05) is 43.4 Å². The highest BCUT2D eigenvalue weighted by atomic mass is 35.5. The Balaban J connectivity index is 1.40. The van der Waals surface area contributed by atoms with Crippen LogP contribution in [0, 0.1) is 13.8 Å². The highest BCUT2D eigenvalue weighted by Gasteiger charge is 2.21. The van der Waals surface area contributed by atoms with Crippen LogP contribution in [0.4, 0.5) is 5.69 Å². The molecule has 29 heavy (non-hydrogen) atoms. The average molecular weight is 434 g/mol. The van der Waals surface area contributed by atoms with E-state index in [4.69, 9.17) is 11.6 Å². The molecule has 154 valence electrons. The summed E-state index contributed by atoms with van der Waals surface area (Å²) in [5, 5.41) is 3.96. The molecule has 7 nitrogen and oxygen atoms in total. The van der Waals surface area contributed by atoms with Gasteiger partial charge >= 0.3 is 0 Å². The van der Waals surface area contributed by atoms with E-state index in [0.717, 1.165) is 30.2 Å². The maximum Gasteiger partial charge on any atom is 0.242 e. The first kappa shape index (κ1) is 21.4. The van der Waals surface area contributed by atoms with Gasteiger partial charge in [-0.1, -0.05) is 29.4 Å². The summed E-state index contributed by atoms with van der Waals surface area (Å²) in [4.78, 5) is 37.0. The number of carbonyl (C=O) groups excluding carboxylic acids is 2. The van der Waals surface area contributed by atoms with Gasteiger partial charge in [0.2, 0.25) is 11.8 Å². The summed E-state index contributed by atoms with van der Waals surface area (Å²) in [7, 11) is 0. The second-order valence-corrected chi connectivity index (χ2v) is 8.23. The number of amides is 2. The summed E-state index contributed by atoms with van der Waals surface area (Å²) in [6.45, 7) is 6.50. The molecule has 1 saturated heterocycles. The van der Waals surface area contributed by atoms with E-state index in [0.29, 0.717) is 23.3 Å². The third-order valence-electron chi connectivity index (χ3n) is 4.54. The number of carbonyl (C=O) groups is 2. The van der Waals surface area contributed by atoms with E-state index < -0.39 is 0 Å². The minimum absolute atomic E-state index is 0.00423. The standard InChI is InChI=1S/C20H24ClN5O2S/c1-14-10-15(2)24-20(23-14)29-13-18(27)22-12-19(28)26-8-6-25(7-9-26)17-5-3-4-16(21)11-17/h3-5,10-11H,6-9,12-13H2,1-2H3,(H,22,27). The summed E-state index contributed by atoms with van der Waals surface area (Å²) in [5.74, 6) is -0.0981. The van der Waals surface area contributed by atoms with Gasteiger partial charge in [0.05, 0.1) is 12.3 Å². The predicted molar refractivity (Wildman–Crippen MR) is 115 cm³/mol. The van der Waals surface area contributed by atoms with Crippen LogP contribution in [-0.2, 0) is 9.59 Å². The molecule has 0 saturated carbocycles. The molecule has 0 aliphatic carbocycles. The molecule has 2 heterocycles. The quantitative estimate of drug-likeness (QED) is 0.556. The van der Waals surface area contributed by atoms with Crippen LogP contribution in [0.1, 0.15) is 11.4 Å². The fourth-order valence-corrected chi connectivity index (χ4v) is 4.08. The number of piperazine rings is 1. The molecule has 1 aromatic heterocycles. The summed E-state index contributed by atoms with van der Waals surface area (Å²) in [5.41, 5.74) is 2.79. The number of anilines is 1. The van der Waals surface area contributed by atoms with Crippen molar-refractivity contribution in [3.05, 3.63) is 46.7 Å². The Bertz CT molecular complexity index is 867. The minimum atomic E-state index is -0.205. The van der Waals surface area contributed by atoms with Crippen molar-refractivity contribution in [3.8, 4) is 0 Å². The van der Waals surface area contributed by atoms with Crippen LogP contribution in [0.2, 0.25) is 5.02 Å². The van der Waals surface area contributed by atoms with E-state index in [9.17, 15) is 9.59 Å². The first-order valence-corrected chi connectivity index (χ1v) is 10.8. The maximum absolute atomic E-state index is 12.4. The van der Waals surface area contributed by atoms with Gasteiger partial charge in [-0.05, 0) is 38.1 Å². The van der Waals surface area contributed by atoms with Gasteiger partial charge in [-0.3, -0.25) is 9.59 Å². The van der Waals surface area contributed by atoms with Crippen molar-refractivity contribution in [1.82, 2.24) is 20.2 Å². The number of halogens is 1. The second kappa shape index (κ2) is 9.93. The molecule has 0 bridgehead atoms. The molecule has 1 N–H and O–H groups in total. The molecule has 2 aromatic rings. The number of nitrogens with zero attached hydrogens (tertiary/aromatic N) is 4. The van der Waals surface area contributed by atoms with Crippen LogP contribution in [0.5, 0.6) is 0 Å². The van der Waals surface area contributed by atoms with Gasteiger partial charge in [-0.25, -0.2) is 9.97 Å². The Morgan fingerprint density at radius 1 is 1.10 bits per heavy atom. The Kier molecular flexibility index (Phi) is 7.33.